The van der Waals surface area contributed by atoms with Crippen molar-refractivity contribution in [3.8, 4) is 22.5 Å². The Balaban J connectivity index is 2.12. The Kier molecular flexibility index (Phi) is 3.38. The van der Waals surface area contributed by atoms with Crippen LogP contribution in [0.2, 0.25) is 0 Å². The van der Waals surface area contributed by atoms with Crippen LogP contribution in [0, 0.1) is 27.7 Å². The molecule has 0 radical (unpaired) electrons. The van der Waals surface area contributed by atoms with Gasteiger partial charge in [0.1, 0.15) is 5.82 Å². The fourth-order valence-corrected chi connectivity index (χ4v) is 2.78. The smallest absolute Gasteiger partial charge is 0.137 e. The van der Waals surface area contributed by atoms with Gasteiger partial charge in [-0.1, -0.05) is 36.4 Å². The van der Waals surface area contributed by atoms with E-state index in [-0.39, 0.29) is 0 Å². The molecule has 0 aliphatic rings. The van der Waals surface area contributed by atoms with E-state index in [1.807, 2.05) is 6.92 Å². The highest BCUT2D eigenvalue weighted by atomic mass is 14.9. The van der Waals surface area contributed by atoms with Gasteiger partial charge in [-0.3, -0.25) is 0 Å². The van der Waals surface area contributed by atoms with Gasteiger partial charge in [-0.15, -0.1) is 0 Å². The first kappa shape index (κ1) is 13.6. The lowest BCUT2D eigenvalue weighted by molar-refractivity contribution is 1.22. The molecule has 106 valence electrons. The molecule has 0 fully saturated rings. The molecule has 0 bridgehead atoms. The molecule has 0 atom stereocenters. The summed E-state index contributed by atoms with van der Waals surface area (Å²) in [5.41, 5.74) is 8.49. The number of aromatic amines is 1. The van der Waals surface area contributed by atoms with Crippen LogP contribution < -0.4 is 0 Å². The van der Waals surface area contributed by atoms with Crippen LogP contribution in [-0.4, -0.2) is 9.97 Å². The van der Waals surface area contributed by atoms with Crippen molar-refractivity contribution in [3.63, 3.8) is 0 Å². The van der Waals surface area contributed by atoms with Crippen molar-refractivity contribution in [1.82, 2.24) is 9.97 Å². The molecule has 21 heavy (non-hydrogen) atoms. The Morgan fingerprint density at radius 2 is 1.43 bits per heavy atom. The number of rotatable bonds is 2. The lowest BCUT2D eigenvalue weighted by atomic mass is 9.94. The Labute approximate surface area is 125 Å². The zero-order valence-electron chi connectivity index (χ0n) is 13.0. The summed E-state index contributed by atoms with van der Waals surface area (Å²) < 4.78 is 0. The molecule has 2 aromatic carbocycles. The molecule has 0 amide bonds. The summed E-state index contributed by atoms with van der Waals surface area (Å²) in [7, 11) is 0. The number of aromatic nitrogens is 2. The number of benzene rings is 2. The third-order valence-corrected chi connectivity index (χ3v) is 4.03. The van der Waals surface area contributed by atoms with Crippen molar-refractivity contribution in [3.05, 3.63) is 65.0 Å². The van der Waals surface area contributed by atoms with Gasteiger partial charge < -0.3 is 4.98 Å². The standard InChI is InChI=1S/C19H20N2/c1-12-7-5-8-13(2)18(12)16-9-6-10-17(11-16)19-20-14(3)15(4)21-19/h5-11H,1-4H3,(H,20,21). The Bertz CT molecular complexity index is 757. The quantitative estimate of drug-likeness (QED) is 0.702. The van der Waals surface area contributed by atoms with Gasteiger partial charge in [-0.2, -0.15) is 0 Å². The maximum atomic E-state index is 4.60. The molecule has 0 aliphatic heterocycles. The fourth-order valence-electron chi connectivity index (χ4n) is 2.78. The van der Waals surface area contributed by atoms with Gasteiger partial charge in [0, 0.05) is 11.3 Å². The largest absolute Gasteiger partial charge is 0.342 e. The monoisotopic (exact) mass is 276 g/mol. The summed E-state index contributed by atoms with van der Waals surface area (Å²) in [5.74, 6) is 0.943. The summed E-state index contributed by atoms with van der Waals surface area (Å²) in [6.45, 7) is 8.41. The van der Waals surface area contributed by atoms with E-state index in [9.17, 15) is 0 Å². The number of nitrogens with zero attached hydrogens (tertiary/aromatic N) is 1. The van der Waals surface area contributed by atoms with E-state index >= 15 is 0 Å². The summed E-state index contributed by atoms with van der Waals surface area (Å²) in [4.78, 5) is 7.96. The first-order valence-electron chi connectivity index (χ1n) is 7.26. The average Bonchev–Trinajstić information content (AvgIpc) is 2.79. The van der Waals surface area contributed by atoms with E-state index < -0.39 is 0 Å². The van der Waals surface area contributed by atoms with Crippen LogP contribution in [0.15, 0.2) is 42.5 Å². The van der Waals surface area contributed by atoms with Crippen molar-refractivity contribution in [1.29, 1.82) is 0 Å². The summed E-state index contributed by atoms with van der Waals surface area (Å²) in [6, 6.07) is 15.0. The van der Waals surface area contributed by atoms with Gasteiger partial charge in [0.15, 0.2) is 0 Å². The van der Waals surface area contributed by atoms with Crippen molar-refractivity contribution in [2.75, 3.05) is 0 Å². The highest BCUT2D eigenvalue weighted by Crippen LogP contribution is 2.30. The fraction of sp³-hybridized carbons (Fsp3) is 0.211. The molecule has 2 nitrogen and oxygen atoms in total. The zero-order valence-corrected chi connectivity index (χ0v) is 13.0. The van der Waals surface area contributed by atoms with E-state index in [1.165, 1.54) is 22.3 Å². The molecule has 0 spiro atoms. The van der Waals surface area contributed by atoms with Gasteiger partial charge in [-0.05, 0) is 56.0 Å². The first-order valence-corrected chi connectivity index (χ1v) is 7.26. The Morgan fingerprint density at radius 3 is 2.05 bits per heavy atom. The van der Waals surface area contributed by atoms with Gasteiger partial charge in [-0.25, -0.2) is 4.98 Å². The third kappa shape index (κ3) is 2.49. The summed E-state index contributed by atoms with van der Waals surface area (Å²) in [5, 5.41) is 0. The molecular weight excluding hydrogens is 256 g/mol. The number of hydrogen-bond donors (Lipinski definition) is 1. The second-order valence-corrected chi connectivity index (χ2v) is 5.64. The van der Waals surface area contributed by atoms with E-state index in [4.69, 9.17) is 0 Å². The first-order chi connectivity index (χ1) is 10.1. The molecule has 1 heterocycles. The molecule has 2 heteroatoms. The molecule has 3 rings (SSSR count). The third-order valence-electron chi connectivity index (χ3n) is 4.03. The normalized spacial score (nSPS) is 10.9. The van der Waals surface area contributed by atoms with E-state index in [1.54, 1.807) is 0 Å². The second kappa shape index (κ2) is 5.21. The van der Waals surface area contributed by atoms with E-state index in [0.717, 1.165) is 22.8 Å². The number of nitrogens with one attached hydrogen (secondary N) is 1. The number of imidazole rings is 1. The molecule has 0 saturated heterocycles. The van der Waals surface area contributed by atoms with Gasteiger partial charge in [0.2, 0.25) is 0 Å². The second-order valence-electron chi connectivity index (χ2n) is 5.64. The molecule has 1 N–H and O–H groups in total. The van der Waals surface area contributed by atoms with Crippen LogP contribution >= 0.6 is 0 Å². The number of hydrogen-bond acceptors (Lipinski definition) is 1. The van der Waals surface area contributed by atoms with Crippen molar-refractivity contribution >= 4 is 0 Å². The van der Waals surface area contributed by atoms with Gasteiger partial charge in [0.25, 0.3) is 0 Å². The minimum absolute atomic E-state index is 0.943. The predicted octanol–water partition coefficient (Wildman–Crippen LogP) is 4.98. The van der Waals surface area contributed by atoms with Gasteiger partial charge in [0.05, 0.1) is 5.69 Å². The number of aryl methyl sites for hydroxylation is 4. The maximum absolute atomic E-state index is 4.60. The Hall–Kier alpha value is -2.35. The van der Waals surface area contributed by atoms with Crippen LogP contribution in [0.4, 0.5) is 0 Å². The number of H-pyrrole nitrogens is 1. The lowest BCUT2D eigenvalue weighted by Crippen LogP contribution is -1.89. The van der Waals surface area contributed by atoms with Crippen LogP contribution in [0.25, 0.3) is 22.5 Å². The van der Waals surface area contributed by atoms with Crippen molar-refractivity contribution in [2.24, 2.45) is 0 Å². The van der Waals surface area contributed by atoms with E-state index in [2.05, 4.69) is 73.2 Å². The Morgan fingerprint density at radius 1 is 0.810 bits per heavy atom. The molecule has 3 aromatic rings. The molecule has 0 aliphatic carbocycles. The maximum Gasteiger partial charge on any atom is 0.137 e. The summed E-state index contributed by atoms with van der Waals surface area (Å²) >= 11 is 0. The van der Waals surface area contributed by atoms with Crippen molar-refractivity contribution in [2.45, 2.75) is 27.7 Å². The zero-order chi connectivity index (χ0) is 15.0. The minimum atomic E-state index is 0.943. The lowest BCUT2D eigenvalue weighted by Gasteiger charge is -2.10. The molecule has 0 unspecified atom stereocenters. The van der Waals surface area contributed by atoms with Crippen molar-refractivity contribution < 1.29 is 0 Å². The molecule has 1 aromatic heterocycles. The SMILES string of the molecule is Cc1cccc(C)c1-c1cccc(-c2nc(C)c(C)[nH]2)c1. The topological polar surface area (TPSA) is 28.7 Å². The van der Waals surface area contributed by atoms with Crippen LogP contribution in [-0.2, 0) is 0 Å². The highest BCUT2D eigenvalue weighted by molar-refractivity contribution is 5.75. The van der Waals surface area contributed by atoms with Gasteiger partial charge >= 0.3 is 0 Å². The molecule has 0 saturated carbocycles. The predicted molar refractivity (Wildman–Crippen MR) is 88.4 cm³/mol. The average molecular weight is 276 g/mol. The van der Waals surface area contributed by atoms with Crippen LogP contribution in [0.3, 0.4) is 0 Å². The minimum Gasteiger partial charge on any atom is -0.342 e. The van der Waals surface area contributed by atoms with E-state index in [0.29, 0.717) is 0 Å². The highest BCUT2D eigenvalue weighted by Gasteiger charge is 2.09. The summed E-state index contributed by atoms with van der Waals surface area (Å²) in [6.07, 6.45) is 0. The van der Waals surface area contributed by atoms with Crippen LogP contribution in [0.1, 0.15) is 22.5 Å². The molecular formula is C19H20N2. The van der Waals surface area contributed by atoms with Crippen LogP contribution in [0.5, 0.6) is 0 Å².